The van der Waals surface area contributed by atoms with E-state index in [2.05, 4.69) is 14.7 Å². The number of benzene rings is 1. The third-order valence-corrected chi connectivity index (χ3v) is 5.99. The summed E-state index contributed by atoms with van der Waals surface area (Å²) in [5.74, 6) is -0.346. The highest BCUT2D eigenvalue weighted by atomic mass is 32.2. The molecule has 1 aliphatic heterocycles. The molecular weight excluding hydrogens is 352 g/mol. The third kappa shape index (κ3) is 4.01. The van der Waals surface area contributed by atoms with Crippen molar-refractivity contribution in [2.45, 2.75) is 31.6 Å². The molecule has 26 heavy (non-hydrogen) atoms. The van der Waals surface area contributed by atoms with E-state index >= 15 is 0 Å². The highest BCUT2D eigenvalue weighted by molar-refractivity contribution is 7.90. The Bertz CT molecular complexity index is 900. The average Bonchev–Trinajstić information content (AvgIpc) is 2.62. The number of nitrogens with zero attached hydrogens (tertiary/aromatic N) is 3. The molecule has 1 aliphatic rings. The summed E-state index contributed by atoms with van der Waals surface area (Å²) in [6.07, 6.45) is 4.71. The van der Waals surface area contributed by atoms with E-state index in [1.165, 1.54) is 6.07 Å². The van der Waals surface area contributed by atoms with E-state index < -0.39 is 21.8 Å². The number of nitrogens with one attached hydrogen (secondary N) is 1. The summed E-state index contributed by atoms with van der Waals surface area (Å²) in [4.78, 5) is 23.0. The van der Waals surface area contributed by atoms with Crippen molar-refractivity contribution in [1.82, 2.24) is 14.7 Å². The lowest BCUT2D eigenvalue weighted by molar-refractivity contribution is -0.123. The number of hydrogen-bond acceptors (Lipinski definition) is 6. The van der Waals surface area contributed by atoms with Crippen molar-refractivity contribution >= 4 is 21.9 Å². The van der Waals surface area contributed by atoms with Crippen molar-refractivity contribution in [3.05, 3.63) is 47.8 Å². The Balaban J connectivity index is 1.72. The zero-order chi connectivity index (χ0) is 18.7. The Morgan fingerprint density at radius 2 is 1.96 bits per heavy atom. The summed E-state index contributed by atoms with van der Waals surface area (Å²) >= 11 is 0. The van der Waals surface area contributed by atoms with Crippen LogP contribution in [0.5, 0.6) is 0 Å². The fourth-order valence-corrected chi connectivity index (χ4v) is 4.47. The van der Waals surface area contributed by atoms with E-state index in [0.29, 0.717) is 24.5 Å². The van der Waals surface area contributed by atoms with Gasteiger partial charge in [-0.1, -0.05) is 17.7 Å². The number of amides is 1. The SMILES string of the molecule is Cc1ccc(S(=O)(=O)NC(=O)[C@@H]2CCCN(c3ncccn3)C2)c(C)c1. The van der Waals surface area contributed by atoms with Crippen LogP contribution in [0.2, 0.25) is 0 Å². The minimum atomic E-state index is -3.89. The van der Waals surface area contributed by atoms with Crippen LogP contribution < -0.4 is 9.62 Å². The second-order valence-electron chi connectivity index (χ2n) is 6.57. The van der Waals surface area contributed by atoms with Gasteiger partial charge in [0.05, 0.1) is 10.8 Å². The molecule has 138 valence electrons. The second kappa shape index (κ2) is 7.41. The number of aryl methyl sites for hydroxylation is 2. The number of carbonyl (C=O) groups is 1. The molecule has 0 bridgehead atoms. The first-order valence-corrected chi connectivity index (χ1v) is 10.0. The van der Waals surface area contributed by atoms with Gasteiger partial charge in [0.1, 0.15) is 0 Å². The molecule has 1 atom stereocenters. The van der Waals surface area contributed by atoms with Crippen LogP contribution in [0.25, 0.3) is 0 Å². The minimum absolute atomic E-state index is 0.135. The quantitative estimate of drug-likeness (QED) is 0.877. The lowest BCUT2D eigenvalue weighted by Gasteiger charge is -2.31. The van der Waals surface area contributed by atoms with Gasteiger partial charge in [0.2, 0.25) is 11.9 Å². The highest BCUT2D eigenvalue weighted by Crippen LogP contribution is 2.22. The molecule has 0 radical (unpaired) electrons. The maximum atomic E-state index is 12.6. The molecule has 3 rings (SSSR count). The van der Waals surface area contributed by atoms with Crippen molar-refractivity contribution in [3.63, 3.8) is 0 Å². The normalized spacial score (nSPS) is 17.8. The minimum Gasteiger partial charge on any atom is -0.340 e. The molecule has 1 aromatic carbocycles. The van der Waals surface area contributed by atoms with Crippen LogP contribution in [-0.4, -0.2) is 37.4 Å². The maximum absolute atomic E-state index is 12.6. The van der Waals surface area contributed by atoms with Gasteiger partial charge in [0.15, 0.2) is 0 Å². The molecule has 1 fully saturated rings. The van der Waals surface area contributed by atoms with Crippen LogP contribution in [0, 0.1) is 19.8 Å². The van der Waals surface area contributed by atoms with Gasteiger partial charge in [-0.05, 0) is 44.4 Å². The summed E-state index contributed by atoms with van der Waals surface area (Å²) in [5, 5.41) is 0. The van der Waals surface area contributed by atoms with Gasteiger partial charge in [-0.15, -0.1) is 0 Å². The standard InChI is InChI=1S/C18H22N4O3S/c1-13-6-7-16(14(2)11-13)26(24,25)21-17(23)15-5-3-10-22(12-15)18-19-8-4-9-20-18/h4,6-9,11,15H,3,5,10,12H2,1-2H3,(H,21,23)/t15-/m1/s1. The summed E-state index contributed by atoms with van der Waals surface area (Å²) in [7, 11) is -3.89. The first-order valence-electron chi connectivity index (χ1n) is 8.53. The van der Waals surface area contributed by atoms with Crippen molar-refractivity contribution in [3.8, 4) is 0 Å². The first-order chi connectivity index (χ1) is 12.4. The molecule has 0 spiro atoms. The number of rotatable bonds is 4. The van der Waals surface area contributed by atoms with Crippen LogP contribution in [0.15, 0.2) is 41.6 Å². The molecule has 2 heterocycles. The zero-order valence-corrected chi connectivity index (χ0v) is 15.7. The molecule has 1 aromatic heterocycles. The third-order valence-electron chi connectivity index (χ3n) is 4.48. The molecular formula is C18H22N4O3S. The summed E-state index contributed by atoms with van der Waals surface area (Å²) in [6.45, 7) is 4.77. The first kappa shape index (κ1) is 18.3. The van der Waals surface area contributed by atoms with E-state index in [4.69, 9.17) is 0 Å². The van der Waals surface area contributed by atoms with Gasteiger partial charge in [0.25, 0.3) is 10.0 Å². The summed E-state index contributed by atoms with van der Waals surface area (Å²) in [6, 6.07) is 6.77. The van der Waals surface area contributed by atoms with Gasteiger partial charge in [-0.2, -0.15) is 0 Å². The number of anilines is 1. The highest BCUT2D eigenvalue weighted by Gasteiger charge is 2.30. The predicted molar refractivity (Wildman–Crippen MR) is 98.2 cm³/mol. The number of sulfonamides is 1. The number of piperidine rings is 1. The van der Waals surface area contributed by atoms with Gasteiger partial charge < -0.3 is 4.90 Å². The van der Waals surface area contributed by atoms with E-state index in [1.54, 1.807) is 37.5 Å². The second-order valence-corrected chi connectivity index (χ2v) is 8.22. The van der Waals surface area contributed by atoms with E-state index in [9.17, 15) is 13.2 Å². The van der Waals surface area contributed by atoms with Crippen molar-refractivity contribution < 1.29 is 13.2 Å². The summed E-state index contributed by atoms with van der Waals surface area (Å²) < 4.78 is 27.4. The van der Waals surface area contributed by atoms with Crippen LogP contribution in [0.4, 0.5) is 5.95 Å². The smallest absolute Gasteiger partial charge is 0.264 e. The van der Waals surface area contributed by atoms with Gasteiger partial charge in [0, 0.05) is 25.5 Å². The fraction of sp³-hybridized carbons (Fsp3) is 0.389. The lowest BCUT2D eigenvalue weighted by atomic mass is 9.98. The van der Waals surface area contributed by atoms with Crippen LogP contribution >= 0.6 is 0 Å². The van der Waals surface area contributed by atoms with E-state index in [-0.39, 0.29) is 4.90 Å². The largest absolute Gasteiger partial charge is 0.340 e. The molecule has 1 saturated heterocycles. The Labute approximate surface area is 153 Å². The van der Waals surface area contributed by atoms with Crippen molar-refractivity contribution in [2.75, 3.05) is 18.0 Å². The number of carbonyl (C=O) groups excluding carboxylic acids is 1. The van der Waals surface area contributed by atoms with Gasteiger partial charge in [-0.3, -0.25) is 4.79 Å². The van der Waals surface area contributed by atoms with Crippen LogP contribution in [-0.2, 0) is 14.8 Å². The van der Waals surface area contributed by atoms with Gasteiger partial charge >= 0.3 is 0 Å². The molecule has 8 heteroatoms. The van der Waals surface area contributed by atoms with Crippen LogP contribution in [0.3, 0.4) is 0 Å². The topological polar surface area (TPSA) is 92.3 Å². The van der Waals surface area contributed by atoms with Crippen molar-refractivity contribution in [1.29, 1.82) is 0 Å². The maximum Gasteiger partial charge on any atom is 0.264 e. The number of aromatic nitrogens is 2. The lowest BCUT2D eigenvalue weighted by Crippen LogP contribution is -2.45. The molecule has 2 aromatic rings. The van der Waals surface area contributed by atoms with Crippen LogP contribution in [0.1, 0.15) is 24.0 Å². The Kier molecular flexibility index (Phi) is 5.22. The fourth-order valence-electron chi connectivity index (χ4n) is 3.20. The Morgan fingerprint density at radius 1 is 1.23 bits per heavy atom. The Hall–Kier alpha value is -2.48. The average molecular weight is 374 g/mol. The van der Waals surface area contributed by atoms with E-state index in [1.807, 2.05) is 11.8 Å². The summed E-state index contributed by atoms with van der Waals surface area (Å²) in [5.41, 5.74) is 1.59. The molecule has 7 nitrogen and oxygen atoms in total. The predicted octanol–water partition coefficient (Wildman–Crippen LogP) is 1.81. The molecule has 0 saturated carbocycles. The van der Waals surface area contributed by atoms with E-state index in [0.717, 1.165) is 18.5 Å². The Morgan fingerprint density at radius 3 is 2.65 bits per heavy atom. The van der Waals surface area contributed by atoms with Crippen molar-refractivity contribution in [2.24, 2.45) is 5.92 Å². The molecule has 0 aliphatic carbocycles. The monoisotopic (exact) mass is 374 g/mol. The molecule has 0 unspecified atom stereocenters. The molecule has 1 amide bonds. The molecule has 1 N–H and O–H groups in total. The zero-order valence-electron chi connectivity index (χ0n) is 14.8. The van der Waals surface area contributed by atoms with Gasteiger partial charge in [-0.25, -0.2) is 23.1 Å². The number of hydrogen-bond donors (Lipinski definition) is 1.